The Morgan fingerprint density at radius 2 is 1.50 bits per heavy atom. The number of hydrogen-bond acceptors (Lipinski definition) is 4. The van der Waals surface area contributed by atoms with Crippen molar-refractivity contribution in [3.05, 3.63) is 59.3 Å². The summed E-state index contributed by atoms with van der Waals surface area (Å²) in [5, 5.41) is 6.68. The summed E-state index contributed by atoms with van der Waals surface area (Å²) in [6, 6.07) is 11.9. The zero-order valence-corrected chi connectivity index (χ0v) is 13.4. The Bertz CT molecular complexity index is 689. The zero-order valence-electron chi connectivity index (χ0n) is 13.4. The van der Waals surface area contributed by atoms with Gasteiger partial charge in [0.05, 0.1) is 0 Å². The lowest BCUT2D eigenvalue weighted by atomic mass is 10.2. The van der Waals surface area contributed by atoms with E-state index >= 15 is 0 Å². The van der Waals surface area contributed by atoms with Crippen LogP contribution in [0.4, 0.5) is 22.7 Å². The van der Waals surface area contributed by atoms with Crippen molar-refractivity contribution in [2.75, 3.05) is 28.6 Å². The molecule has 2 aromatic rings. The highest BCUT2D eigenvalue weighted by Crippen LogP contribution is 2.18. The van der Waals surface area contributed by atoms with Gasteiger partial charge >= 0.3 is 0 Å². The SMILES string of the molecule is C/C(=C\Nc1ccc(N)c(C)c1)CNc1ccc(N)c(C)c1. The molecule has 4 nitrogen and oxygen atoms in total. The van der Waals surface area contributed by atoms with Gasteiger partial charge in [-0.05, 0) is 73.9 Å². The maximum absolute atomic E-state index is 5.82. The molecule has 0 spiro atoms. The van der Waals surface area contributed by atoms with E-state index in [2.05, 4.69) is 23.6 Å². The molecule has 0 saturated carbocycles. The summed E-state index contributed by atoms with van der Waals surface area (Å²) < 4.78 is 0. The minimum absolute atomic E-state index is 0.768. The number of nitrogen functional groups attached to an aromatic ring is 2. The Morgan fingerprint density at radius 1 is 0.955 bits per heavy atom. The molecule has 2 rings (SSSR count). The molecular formula is C18H24N4. The van der Waals surface area contributed by atoms with E-state index in [9.17, 15) is 0 Å². The third kappa shape index (κ3) is 4.19. The molecule has 6 N–H and O–H groups in total. The van der Waals surface area contributed by atoms with Crippen LogP contribution < -0.4 is 22.1 Å². The Labute approximate surface area is 132 Å². The fourth-order valence-electron chi connectivity index (χ4n) is 2.05. The molecule has 116 valence electrons. The van der Waals surface area contributed by atoms with Gasteiger partial charge in [-0.25, -0.2) is 0 Å². The predicted octanol–water partition coefficient (Wildman–Crippen LogP) is 3.90. The van der Waals surface area contributed by atoms with Crippen LogP contribution in [0.15, 0.2) is 48.2 Å². The molecule has 0 amide bonds. The minimum Gasteiger partial charge on any atom is -0.399 e. The van der Waals surface area contributed by atoms with Crippen molar-refractivity contribution < 1.29 is 0 Å². The molecule has 2 aromatic carbocycles. The lowest BCUT2D eigenvalue weighted by Gasteiger charge is -2.10. The monoisotopic (exact) mass is 296 g/mol. The van der Waals surface area contributed by atoms with Crippen LogP contribution in [0.25, 0.3) is 0 Å². The van der Waals surface area contributed by atoms with E-state index in [4.69, 9.17) is 11.5 Å². The summed E-state index contributed by atoms with van der Waals surface area (Å²) in [7, 11) is 0. The highest BCUT2D eigenvalue weighted by atomic mass is 14.9. The van der Waals surface area contributed by atoms with Crippen LogP contribution in [0.5, 0.6) is 0 Å². The minimum atomic E-state index is 0.768. The largest absolute Gasteiger partial charge is 0.399 e. The Kier molecular flexibility index (Phi) is 4.94. The molecular weight excluding hydrogens is 272 g/mol. The molecule has 0 bridgehead atoms. The molecule has 0 aliphatic rings. The summed E-state index contributed by atoms with van der Waals surface area (Å²) >= 11 is 0. The van der Waals surface area contributed by atoms with Crippen molar-refractivity contribution >= 4 is 22.7 Å². The van der Waals surface area contributed by atoms with E-state index in [1.165, 1.54) is 5.57 Å². The predicted molar refractivity (Wildman–Crippen MR) is 97.1 cm³/mol. The highest BCUT2D eigenvalue weighted by Gasteiger charge is 1.98. The van der Waals surface area contributed by atoms with Gasteiger partial charge < -0.3 is 22.1 Å². The number of anilines is 4. The Balaban J connectivity index is 1.92. The van der Waals surface area contributed by atoms with E-state index in [-0.39, 0.29) is 0 Å². The number of benzene rings is 2. The van der Waals surface area contributed by atoms with Gasteiger partial charge in [-0.2, -0.15) is 0 Å². The first kappa shape index (κ1) is 15.8. The van der Waals surface area contributed by atoms with Crippen molar-refractivity contribution in [1.82, 2.24) is 0 Å². The van der Waals surface area contributed by atoms with Crippen molar-refractivity contribution in [2.45, 2.75) is 20.8 Å². The lowest BCUT2D eigenvalue weighted by molar-refractivity contribution is 1.19. The molecule has 0 atom stereocenters. The van der Waals surface area contributed by atoms with E-state index < -0.39 is 0 Å². The smallest absolute Gasteiger partial charge is 0.0383 e. The second kappa shape index (κ2) is 6.89. The fraction of sp³-hybridized carbons (Fsp3) is 0.222. The van der Waals surface area contributed by atoms with Crippen molar-refractivity contribution in [2.24, 2.45) is 0 Å². The Morgan fingerprint density at radius 3 is 2.09 bits per heavy atom. The average Bonchev–Trinajstić information content (AvgIpc) is 2.49. The number of aryl methyl sites for hydroxylation is 2. The average molecular weight is 296 g/mol. The molecule has 4 heteroatoms. The van der Waals surface area contributed by atoms with Gasteiger partial charge in [0.1, 0.15) is 0 Å². The van der Waals surface area contributed by atoms with E-state index in [1.54, 1.807) is 0 Å². The van der Waals surface area contributed by atoms with Gasteiger partial charge in [-0.15, -0.1) is 0 Å². The van der Waals surface area contributed by atoms with Crippen LogP contribution in [0.2, 0.25) is 0 Å². The number of nitrogens with two attached hydrogens (primary N) is 2. The molecule has 0 aromatic heterocycles. The lowest BCUT2D eigenvalue weighted by Crippen LogP contribution is -2.05. The second-order valence-corrected chi connectivity index (χ2v) is 5.63. The van der Waals surface area contributed by atoms with Crippen LogP contribution in [-0.4, -0.2) is 6.54 Å². The number of nitrogens with one attached hydrogen (secondary N) is 2. The second-order valence-electron chi connectivity index (χ2n) is 5.63. The van der Waals surface area contributed by atoms with Gasteiger partial charge in [0.25, 0.3) is 0 Å². The van der Waals surface area contributed by atoms with Crippen LogP contribution >= 0.6 is 0 Å². The molecule has 0 saturated heterocycles. The van der Waals surface area contributed by atoms with Crippen molar-refractivity contribution in [1.29, 1.82) is 0 Å². The molecule has 0 radical (unpaired) electrons. The third-order valence-corrected chi connectivity index (χ3v) is 3.60. The topological polar surface area (TPSA) is 76.1 Å². The van der Waals surface area contributed by atoms with Gasteiger partial charge in [-0.1, -0.05) is 0 Å². The van der Waals surface area contributed by atoms with E-state index in [0.29, 0.717) is 0 Å². The van der Waals surface area contributed by atoms with Crippen molar-refractivity contribution in [3.8, 4) is 0 Å². The zero-order chi connectivity index (χ0) is 16.1. The standard InChI is InChI=1S/C18H24N4/c1-12(10-21-15-4-6-17(19)13(2)8-15)11-22-16-5-7-18(20)14(3)9-16/h4-10,21-22H,11,19-20H2,1-3H3/b12-10+. The van der Waals surface area contributed by atoms with Crippen LogP contribution in [0.3, 0.4) is 0 Å². The first-order valence-corrected chi connectivity index (χ1v) is 7.34. The maximum atomic E-state index is 5.82. The van der Waals surface area contributed by atoms with Gasteiger partial charge in [0, 0.05) is 35.5 Å². The first-order chi connectivity index (χ1) is 10.5. The molecule has 0 aliphatic heterocycles. The highest BCUT2D eigenvalue weighted by molar-refractivity contribution is 5.58. The Hall–Kier alpha value is -2.62. The van der Waals surface area contributed by atoms with Gasteiger partial charge in [-0.3, -0.25) is 0 Å². The van der Waals surface area contributed by atoms with Crippen LogP contribution in [0.1, 0.15) is 18.1 Å². The van der Waals surface area contributed by atoms with Crippen LogP contribution in [0, 0.1) is 13.8 Å². The maximum Gasteiger partial charge on any atom is 0.0383 e. The summed E-state index contributed by atoms with van der Waals surface area (Å²) in [5.74, 6) is 0. The molecule has 0 heterocycles. The van der Waals surface area contributed by atoms with Gasteiger partial charge in [0.2, 0.25) is 0 Å². The van der Waals surface area contributed by atoms with E-state index in [0.717, 1.165) is 40.4 Å². The molecule has 0 unspecified atom stereocenters. The molecule has 22 heavy (non-hydrogen) atoms. The quantitative estimate of drug-likeness (QED) is 0.631. The number of hydrogen-bond donors (Lipinski definition) is 4. The van der Waals surface area contributed by atoms with Crippen LogP contribution in [-0.2, 0) is 0 Å². The van der Waals surface area contributed by atoms with Crippen molar-refractivity contribution in [3.63, 3.8) is 0 Å². The summed E-state index contributed by atoms with van der Waals surface area (Å²) in [4.78, 5) is 0. The molecule has 0 aliphatic carbocycles. The van der Waals surface area contributed by atoms with E-state index in [1.807, 2.05) is 50.4 Å². The summed E-state index contributed by atoms with van der Waals surface area (Å²) in [6.45, 7) is 6.86. The third-order valence-electron chi connectivity index (χ3n) is 3.60. The summed E-state index contributed by atoms with van der Waals surface area (Å²) in [5.41, 5.74) is 18.7. The normalized spacial score (nSPS) is 11.3. The number of rotatable bonds is 5. The summed E-state index contributed by atoms with van der Waals surface area (Å²) in [6.07, 6.45) is 2.00. The molecule has 0 fully saturated rings. The first-order valence-electron chi connectivity index (χ1n) is 7.34. The van der Waals surface area contributed by atoms with Gasteiger partial charge in [0.15, 0.2) is 0 Å². The fourth-order valence-corrected chi connectivity index (χ4v) is 2.05.